The number of hydrogen-bond donors (Lipinski definition) is 0. The number of thioether (sulfide) groups is 1. The molecule has 5 heteroatoms. The summed E-state index contributed by atoms with van der Waals surface area (Å²) in [5.74, 6) is 2.30. The zero-order chi connectivity index (χ0) is 16.8. The topological polar surface area (TPSA) is 24.3 Å². The number of imidazole rings is 1. The number of hydrogen-bond acceptors (Lipinski definition) is 4. The van der Waals surface area contributed by atoms with Crippen LogP contribution in [0.3, 0.4) is 0 Å². The van der Waals surface area contributed by atoms with Crippen LogP contribution in [0.4, 0.5) is 0 Å². The second-order valence-corrected chi connectivity index (χ2v) is 7.77. The molecule has 0 radical (unpaired) electrons. The van der Waals surface area contributed by atoms with Gasteiger partial charge in [-0.05, 0) is 43.0 Å². The summed E-state index contributed by atoms with van der Waals surface area (Å²) >= 11 is 1.91. The Hall–Kier alpha value is -1.30. The highest BCUT2D eigenvalue weighted by Crippen LogP contribution is 2.19. The van der Waals surface area contributed by atoms with Crippen LogP contribution < -0.4 is 0 Å². The quantitative estimate of drug-likeness (QED) is 0.751. The van der Waals surface area contributed by atoms with Crippen molar-refractivity contribution in [3.8, 4) is 0 Å². The van der Waals surface area contributed by atoms with Crippen molar-refractivity contribution < 1.29 is 0 Å². The predicted octanol–water partition coefficient (Wildman–Crippen LogP) is 3.24. The van der Waals surface area contributed by atoms with E-state index < -0.39 is 0 Å². The first-order valence-corrected chi connectivity index (χ1v) is 9.86. The third-order valence-electron chi connectivity index (χ3n) is 4.61. The fraction of sp³-hybridized carbons (Fsp3) is 0.526. The van der Waals surface area contributed by atoms with Gasteiger partial charge in [0.15, 0.2) is 0 Å². The third kappa shape index (κ3) is 4.85. The van der Waals surface area contributed by atoms with E-state index in [9.17, 15) is 0 Å². The van der Waals surface area contributed by atoms with Crippen LogP contribution in [0.5, 0.6) is 0 Å². The maximum atomic E-state index is 4.46. The van der Waals surface area contributed by atoms with E-state index in [1.54, 1.807) is 0 Å². The lowest BCUT2D eigenvalue weighted by Crippen LogP contribution is -2.31. The van der Waals surface area contributed by atoms with Crippen LogP contribution in [0.2, 0.25) is 0 Å². The molecule has 0 saturated carbocycles. The number of rotatable bonds is 6. The largest absolute Gasteiger partial charge is 0.337 e. The summed E-state index contributed by atoms with van der Waals surface area (Å²) in [7, 11) is 2.08. The summed E-state index contributed by atoms with van der Waals surface area (Å²) in [4.78, 5) is 10.9. The van der Waals surface area contributed by atoms with Crippen molar-refractivity contribution in [1.82, 2.24) is 19.4 Å². The summed E-state index contributed by atoms with van der Waals surface area (Å²) in [6.07, 6.45) is 5.15. The Morgan fingerprint density at radius 2 is 1.71 bits per heavy atom. The Kier molecular flexibility index (Phi) is 6.35. The van der Waals surface area contributed by atoms with Gasteiger partial charge >= 0.3 is 0 Å². The van der Waals surface area contributed by atoms with Gasteiger partial charge in [0.1, 0.15) is 5.82 Å². The molecule has 1 aromatic heterocycles. The average molecular weight is 345 g/mol. The average Bonchev–Trinajstić information content (AvgIpc) is 2.85. The number of aromatic nitrogens is 2. The van der Waals surface area contributed by atoms with Gasteiger partial charge in [-0.15, -0.1) is 11.8 Å². The predicted molar refractivity (Wildman–Crippen MR) is 101 cm³/mol. The van der Waals surface area contributed by atoms with E-state index >= 15 is 0 Å². The highest BCUT2D eigenvalue weighted by molar-refractivity contribution is 7.99. The van der Waals surface area contributed by atoms with Gasteiger partial charge in [-0.3, -0.25) is 9.80 Å². The van der Waals surface area contributed by atoms with Crippen LogP contribution in [0.15, 0.2) is 41.6 Å². The first kappa shape index (κ1) is 17.5. The van der Waals surface area contributed by atoms with E-state index in [1.165, 1.54) is 23.4 Å². The number of aryl methyl sites for hydroxylation is 1. The third-order valence-corrected chi connectivity index (χ3v) is 5.50. The lowest BCUT2D eigenvalue weighted by atomic mass is 10.2. The van der Waals surface area contributed by atoms with Crippen molar-refractivity contribution in [1.29, 1.82) is 0 Å². The van der Waals surface area contributed by atoms with E-state index in [-0.39, 0.29) is 0 Å². The molecule has 0 atom stereocenters. The van der Waals surface area contributed by atoms with E-state index in [0.29, 0.717) is 0 Å². The minimum atomic E-state index is 0.959. The van der Waals surface area contributed by atoms with Gasteiger partial charge < -0.3 is 4.57 Å². The minimum Gasteiger partial charge on any atom is -0.337 e. The van der Waals surface area contributed by atoms with Gasteiger partial charge in [-0.1, -0.05) is 19.1 Å². The van der Waals surface area contributed by atoms with E-state index in [0.717, 1.165) is 44.3 Å². The Balaban J connectivity index is 1.51. The minimum absolute atomic E-state index is 0.959. The second-order valence-electron chi connectivity index (χ2n) is 6.44. The molecular weight excluding hydrogens is 316 g/mol. The Bertz CT molecular complexity index is 623. The van der Waals surface area contributed by atoms with Crippen molar-refractivity contribution in [3.63, 3.8) is 0 Å². The molecule has 0 aliphatic carbocycles. The Labute approximate surface area is 149 Å². The van der Waals surface area contributed by atoms with E-state index in [1.807, 2.05) is 24.2 Å². The Morgan fingerprint density at radius 3 is 2.33 bits per heavy atom. The molecule has 3 rings (SSSR count). The molecule has 24 heavy (non-hydrogen) atoms. The second kappa shape index (κ2) is 8.70. The van der Waals surface area contributed by atoms with Crippen molar-refractivity contribution in [2.24, 2.45) is 7.05 Å². The molecule has 0 N–H and O–H groups in total. The van der Waals surface area contributed by atoms with E-state index in [2.05, 4.69) is 57.6 Å². The maximum Gasteiger partial charge on any atom is 0.122 e. The molecule has 4 nitrogen and oxygen atoms in total. The molecule has 130 valence electrons. The van der Waals surface area contributed by atoms with Crippen LogP contribution >= 0.6 is 11.8 Å². The van der Waals surface area contributed by atoms with Crippen molar-refractivity contribution in [3.05, 3.63) is 48.0 Å². The highest BCUT2D eigenvalue weighted by atomic mass is 32.2. The van der Waals surface area contributed by atoms with Crippen LogP contribution in [0.25, 0.3) is 0 Å². The van der Waals surface area contributed by atoms with Gasteiger partial charge in [0.05, 0.1) is 6.54 Å². The molecule has 2 aromatic rings. The van der Waals surface area contributed by atoms with Crippen molar-refractivity contribution in [2.75, 3.05) is 31.9 Å². The summed E-state index contributed by atoms with van der Waals surface area (Å²) in [5, 5.41) is 0. The highest BCUT2D eigenvalue weighted by Gasteiger charge is 2.16. The van der Waals surface area contributed by atoms with E-state index in [4.69, 9.17) is 0 Å². The number of benzene rings is 1. The van der Waals surface area contributed by atoms with Crippen molar-refractivity contribution >= 4 is 11.8 Å². The number of nitrogens with zero attached hydrogens (tertiary/aromatic N) is 4. The summed E-state index contributed by atoms with van der Waals surface area (Å²) in [6.45, 7) is 8.82. The van der Waals surface area contributed by atoms with Crippen molar-refractivity contribution in [2.45, 2.75) is 31.3 Å². The molecule has 0 unspecified atom stereocenters. The Morgan fingerprint density at radius 1 is 1.00 bits per heavy atom. The molecule has 0 bridgehead atoms. The van der Waals surface area contributed by atoms with Gasteiger partial charge in [0.2, 0.25) is 0 Å². The molecule has 1 fully saturated rings. The molecule has 0 amide bonds. The molecule has 1 aromatic carbocycles. The van der Waals surface area contributed by atoms with Gasteiger partial charge in [-0.25, -0.2) is 4.98 Å². The normalized spacial score (nSPS) is 17.1. The zero-order valence-electron chi connectivity index (χ0n) is 14.8. The molecule has 2 heterocycles. The zero-order valence-corrected chi connectivity index (χ0v) is 15.6. The fourth-order valence-electron chi connectivity index (χ4n) is 3.21. The van der Waals surface area contributed by atoms with Gasteiger partial charge in [0.25, 0.3) is 0 Å². The molecular formula is C19H28N4S. The van der Waals surface area contributed by atoms with Gasteiger partial charge in [-0.2, -0.15) is 0 Å². The molecule has 1 aliphatic heterocycles. The van der Waals surface area contributed by atoms with Crippen LogP contribution in [-0.4, -0.2) is 51.3 Å². The van der Waals surface area contributed by atoms with Crippen LogP contribution in [-0.2, 0) is 20.1 Å². The first-order chi connectivity index (χ1) is 11.7. The lowest BCUT2D eigenvalue weighted by Gasteiger charge is -2.21. The van der Waals surface area contributed by atoms with Gasteiger partial charge in [0, 0.05) is 44.0 Å². The summed E-state index contributed by atoms with van der Waals surface area (Å²) in [6, 6.07) is 9.09. The lowest BCUT2D eigenvalue weighted by molar-refractivity contribution is 0.242. The van der Waals surface area contributed by atoms with Crippen LogP contribution in [0.1, 0.15) is 24.7 Å². The molecule has 1 aliphatic rings. The standard InChI is InChI=1S/C19H28N4S/c1-3-24-18-7-5-17(6-8-18)15-22-10-4-11-23(14-13-22)16-19-20-9-12-21(19)2/h5-9,12H,3-4,10-11,13-16H2,1-2H3. The first-order valence-electron chi connectivity index (χ1n) is 8.87. The summed E-state index contributed by atoms with van der Waals surface area (Å²) < 4.78 is 2.12. The monoisotopic (exact) mass is 344 g/mol. The smallest absolute Gasteiger partial charge is 0.122 e. The SMILES string of the molecule is CCSc1ccc(CN2CCCN(Cc3nccn3C)CC2)cc1. The summed E-state index contributed by atoms with van der Waals surface area (Å²) in [5.41, 5.74) is 1.42. The fourth-order valence-corrected chi connectivity index (χ4v) is 3.87. The molecule has 1 saturated heterocycles. The maximum absolute atomic E-state index is 4.46. The van der Waals surface area contributed by atoms with Crippen LogP contribution in [0, 0.1) is 0 Å². The molecule has 0 spiro atoms.